The summed E-state index contributed by atoms with van der Waals surface area (Å²) in [5.74, 6) is -0.0694. The molecule has 0 saturated carbocycles. The smallest absolute Gasteiger partial charge is 0.541 e. The van der Waals surface area contributed by atoms with Gasteiger partial charge in [-0.2, -0.15) is 0 Å². The van der Waals surface area contributed by atoms with E-state index in [-0.39, 0.29) is 30.4 Å². The zero-order valence-electron chi connectivity index (χ0n) is 6.81. The fraction of sp³-hybridized carbons (Fsp3) is 0.143. The molecule has 0 bridgehead atoms. The molecular formula is C7H8Cl3MnOSi. The van der Waals surface area contributed by atoms with E-state index >= 15 is 0 Å². The number of allylic oxidation sites excluding steroid dienone is 4. The summed E-state index contributed by atoms with van der Waals surface area (Å²) in [7, 11) is 0. The van der Waals surface area contributed by atoms with E-state index in [0.29, 0.717) is 0 Å². The Morgan fingerprint density at radius 3 is 1.62 bits per heavy atom. The fourth-order valence-corrected chi connectivity index (χ4v) is 0.510. The number of carbonyl (C=O) groups excluding carboxylic acids is 1. The summed E-state index contributed by atoms with van der Waals surface area (Å²) in [6.07, 6.45) is 9.12. The largest absolute Gasteiger partial charge is 2.00 e. The fourth-order valence-electron chi connectivity index (χ4n) is 0.510. The molecule has 1 rings (SSSR count). The van der Waals surface area contributed by atoms with E-state index in [2.05, 4.69) is 0 Å². The van der Waals surface area contributed by atoms with Crippen LogP contribution >= 0.6 is 33.2 Å². The van der Waals surface area contributed by atoms with Gasteiger partial charge in [-0.25, -0.2) is 0 Å². The third kappa shape index (κ3) is 15.5. The van der Waals surface area contributed by atoms with Gasteiger partial charge in [0.1, 0.15) is 0 Å². The molecule has 0 amide bonds. The molecule has 2 radical (unpaired) electrons. The molecule has 0 spiro atoms. The Morgan fingerprint density at radius 2 is 1.46 bits per heavy atom. The zero-order chi connectivity index (χ0) is 8.69. The van der Waals surface area contributed by atoms with Crippen molar-refractivity contribution < 1.29 is 21.9 Å². The monoisotopic (exact) mass is 296 g/mol. The van der Waals surface area contributed by atoms with Crippen molar-refractivity contribution in [3.05, 3.63) is 31.7 Å². The second kappa shape index (κ2) is 12.8. The quantitative estimate of drug-likeness (QED) is 0.413. The minimum atomic E-state index is -1.46. The molecule has 1 aliphatic rings. The van der Waals surface area contributed by atoms with Gasteiger partial charge in [-0.15, -0.1) is 51.3 Å². The van der Waals surface area contributed by atoms with Crippen molar-refractivity contribution in [3.63, 3.8) is 0 Å². The SMILES string of the molecule is Cl[Si](Cl)Cl.O=[C-]C1C=CC=C1.[CH3-].[Mn+2]. The van der Waals surface area contributed by atoms with E-state index in [4.69, 9.17) is 33.2 Å². The summed E-state index contributed by atoms with van der Waals surface area (Å²) >= 11 is 14.7. The van der Waals surface area contributed by atoms with Gasteiger partial charge < -0.3 is 12.2 Å². The van der Waals surface area contributed by atoms with Gasteiger partial charge in [0.15, 0.2) is 0 Å². The van der Waals surface area contributed by atoms with Crippen LogP contribution in [0.4, 0.5) is 0 Å². The van der Waals surface area contributed by atoms with E-state index in [1.54, 1.807) is 12.2 Å². The van der Waals surface area contributed by atoms with E-state index in [9.17, 15) is 4.79 Å². The number of hydrogen-bond donors (Lipinski definition) is 0. The maximum Gasteiger partial charge on any atom is 2.00 e. The van der Waals surface area contributed by atoms with Gasteiger partial charge in [0.25, 0.3) is 0 Å². The molecule has 0 atom stereocenters. The van der Waals surface area contributed by atoms with Crippen LogP contribution in [-0.4, -0.2) is 13.0 Å². The van der Waals surface area contributed by atoms with Crippen LogP contribution < -0.4 is 0 Å². The predicted octanol–water partition coefficient (Wildman–Crippen LogP) is 2.97. The Kier molecular flexibility index (Phi) is 19.0. The molecule has 0 heterocycles. The summed E-state index contributed by atoms with van der Waals surface area (Å²) in [6, 6.07) is 0. The normalized spacial score (nSPS) is 12.6. The minimum absolute atomic E-state index is 0. The summed E-state index contributed by atoms with van der Waals surface area (Å²) < 4.78 is 0. The van der Waals surface area contributed by atoms with Crippen LogP contribution in [0.1, 0.15) is 0 Å². The van der Waals surface area contributed by atoms with E-state index in [1.165, 1.54) is 0 Å². The Bertz CT molecular complexity index is 158. The summed E-state index contributed by atoms with van der Waals surface area (Å²) in [4.78, 5) is 9.78. The van der Waals surface area contributed by atoms with E-state index in [0.717, 1.165) is 0 Å². The van der Waals surface area contributed by atoms with Crippen molar-refractivity contribution in [1.82, 2.24) is 0 Å². The van der Waals surface area contributed by atoms with Gasteiger partial charge in [0.05, 0.1) is 0 Å². The predicted molar refractivity (Wildman–Crippen MR) is 57.2 cm³/mol. The standard InChI is InChI=1S/C6H5O.CH3.Cl3Si.Mn/c7-5-6-3-1-2-4-6;;1-4(2)3;/h1-4,6H;1H3;;/q2*-1;;+2. The molecule has 0 unspecified atom stereocenters. The average molecular weight is 298 g/mol. The zero-order valence-corrected chi connectivity index (χ0v) is 11.3. The number of rotatable bonds is 1. The summed E-state index contributed by atoms with van der Waals surface area (Å²) in [5.41, 5.74) is 0. The van der Waals surface area contributed by atoms with Crippen molar-refractivity contribution in [2.75, 3.05) is 0 Å². The number of halogens is 3. The van der Waals surface area contributed by atoms with Crippen LogP contribution in [-0.2, 0) is 21.9 Å². The Balaban J connectivity index is -0.000000150. The van der Waals surface area contributed by atoms with Gasteiger partial charge in [0, 0.05) is 0 Å². The molecule has 6 heteroatoms. The van der Waals surface area contributed by atoms with Gasteiger partial charge in [-0.1, -0.05) is 12.2 Å². The van der Waals surface area contributed by atoms with Crippen molar-refractivity contribution >= 4 is 46.2 Å². The number of hydrogen-bond acceptors (Lipinski definition) is 1. The molecule has 0 N–H and O–H groups in total. The summed E-state index contributed by atoms with van der Waals surface area (Å²) in [6.45, 7) is -1.46. The Hall–Kier alpha value is 0.756. The van der Waals surface area contributed by atoms with Crippen molar-refractivity contribution in [3.8, 4) is 0 Å². The second-order valence-corrected chi connectivity index (χ2v) is 7.20. The molecule has 1 nitrogen and oxygen atoms in total. The average Bonchev–Trinajstić information content (AvgIpc) is 2.36. The van der Waals surface area contributed by atoms with Crippen LogP contribution in [0, 0.1) is 13.3 Å². The van der Waals surface area contributed by atoms with Crippen LogP contribution in [0.3, 0.4) is 0 Å². The first kappa shape index (κ1) is 19.3. The van der Waals surface area contributed by atoms with Gasteiger partial charge in [0.2, 0.25) is 0 Å². The Labute approximate surface area is 105 Å². The van der Waals surface area contributed by atoms with Crippen molar-refractivity contribution in [2.45, 2.75) is 0 Å². The van der Waals surface area contributed by atoms with Crippen LogP contribution in [0.2, 0.25) is 0 Å². The molecule has 0 aromatic carbocycles. The first-order valence-electron chi connectivity index (χ1n) is 2.73. The molecule has 0 aromatic heterocycles. The molecule has 13 heavy (non-hydrogen) atoms. The second-order valence-electron chi connectivity index (χ2n) is 1.63. The molecule has 1 aliphatic carbocycles. The van der Waals surface area contributed by atoms with E-state index in [1.807, 2.05) is 18.4 Å². The molecule has 0 aliphatic heterocycles. The van der Waals surface area contributed by atoms with Gasteiger partial charge >= 0.3 is 23.8 Å². The maximum absolute atomic E-state index is 9.78. The third-order valence-electron chi connectivity index (χ3n) is 0.884. The summed E-state index contributed by atoms with van der Waals surface area (Å²) in [5, 5.41) is 0. The van der Waals surface area contributed by atoms with Crippen LogP contribution in [0.15, 0.2) is 24.3 Å². The van der Waals surface area contributed by atoms with Gasteiger partial charge in [-0.05, 0) is 0 Å². The van der Waals surface area contributed by atoms with Crippen LogP contribution in [0.5, 0.6) is 0 Å². The molecule has 74 valence electrons. The maximum atomic E-state index is 9.78. The van der Waals surface area contributed by atoms with Crippen molar-refractivity contribution in [1.29, 1.82) is 0 Å². The third-order valence-corrected chi connectivity index (χ3v) is 0.884. The molecular weight excluding hydrogens is 289 g/mol. The minimum Gasteiger partial charge on any atom is -0.541 e. The molecule has 0 fully saturated rings. The van der Waals surface area contributed by atoms with Crippen molar-refractivity contribution in [2.24, 2.45) is 5.92 Å². The first-order chi connectivity index (χ1) is 5.16. The van der Waals surface area contributed by atoms with E-state index < -0.39 is 6.73 Å². The Morgan fingerprint density at radius 1 is 1.15 bits per heavy atom. The topological polar surface area (TPSA) is 17.1 Å². The molecule has 0 aromatic rings. The van der Waals surface area contributed by atoms with Gasteiger partial charge in [-0.3, -0.25) is 6.29 Å². The first-order valence-corrected chi connectivity index (χ1v) is 7.26. The molecule has 0 saturated heterocycles. The van der Waals surface area contributed by atoms with Crippen LogP contribution in [0.25, 0.3) is 0 Å².